The molecule has 0 radical (unpaired) electrons. The lowest BCUT2D eigenvalue weighted by Gasteiger charge is -2.29. The summed E-state index contributed by atoms with van der Waals surface area (Å²) in [5, 5.41) is 2.68. The summed E-state index contributed by atoms with van der Waals surface area (Å²) < 4.78 is 63.5. The molecule has 1 aliphatic rings. The van der Waals surface area contributed by atoms with Crippen molar-refractivity contribution in [2.45, 2.75) is 25.4 Å². The van der Waals surface area contributed by atoms with E-state index < -0.39 is 34.2 Å². The molecule has 1 aromatic carbocycles. The van der Waals surface area contributed by atoms with Crippen LogP contribution in [-0.4, -0.2) is 58.7 Å². The molecule has 1 fully saturated rings. The number of alkyl halides is 3. The summed E-state index contributed by atoms with van der Waals surface area (Å²) in [5.41, 5.74) is -1.16. The average Bonchev–Trinajstić information content (AvgIpc) is 2.60. The molecule has 1 aromatic rings. The molecule has 0 aromatic heterocycles. The predicted octanol–water partition coefficient (Wildman–Crippen LogP) is 2.32. The minimum absolute atomic E-state index is 0.192. The van der Waals surface area contributed by atoms with E-state index in [1.807, 2.05) is 0 Å². The van der Waals surface area contributed by atoms with Gasteiger partial charge in [-0.1, -0.05) is 6.07 Å². The monoisotopic (exact) mass is 421 g/mol. The molecule has 1 amide bonds. The first-order valence-electron chi connectivity index (χ1n) is 9.07. The molecule has 1 aliphatic heterocycles. The van der Waals surface area contributed by atoms with Gasteiger partial charge in [0.25, 0.3) is 0 Å². The Bertz CT molecular complexity index is 776. The molecular weight excluding hydrogens is 395 g/mol. The highest BCUT2D eigenvalue weighted by molar-refractivity contribution is 7.92. The van der Waals surface area contributed by atoms with Crippen molar-refractivity contribution in [3.05, 3.63) is 29.8 Å². The number of anilines is 1. The molecule has 158 valence electrons. The van der Waals surface area contributed by atoms with Gasteiger partial charge in [-0.2, -0.15) is 13.2 Å². The van der Waals surface area contributed by atoms with E-state index in [1.54, 1.807) is 0 Å². The predicted molar refractivity (Wildman–Crippen MR) is 101 cm³/mol. The van der Waals surface area contributed by atoms with Crippen molar-refractivity contribution in [1.29, 1.82) is 0 Å². The van der Waals surface area contributed by atoms with E-state index in [1.165, 1.54) is 6.07 Å². The van der Waals surface area contributed by atoms with Crippen LogP contribution in [0.1, 0.15) is 24.8 Å². The first-order valence-corrected chi connectivity index (χ1v) is 10.9. The van der Waals surface area contributed by atoms with E-state index >= 15 is 0 Å². The Hall–Kier alpha value is -1.81. The smallest absolute Gasteiger partial charge is 0.355 e. The van der Waals surface area contributed by atoms with Gasteiger partial charge in [0.15, 0.2) is 0 Å². The largest absolute Gasteiger partial charge is 0.416 e. The van der Waals surface area contributed by atoms with Gasteiger partial charge in [-0.3, -0.25) is 9.10 Å². The van der Waals surface area contributed by atoms with E-state index in [-0.39, 0.29) is 5.69 Å². The topological polar surface area (TPSA) is 69.7 Å². The lowest BCUT2D eigenvalue weighted by molar-refractivity contribution is -0.137. The van der Waals surface area contributed by atoms with Crippen molar-refractivity contribution in [2.75, 3.05) is 43.8 Å². The van der Waals surface area contributed by atoms with E-state index in [2.05, 4.69) is 17.3 Å². The molecular formula is C18H26F3N3O3S. The standard InChI is InChI=1S/C18H26F3N3O3S/c1-23-10-7-14(8-11-23)6-9-22-17(25)13-24(28(2,26)27)16-5-3-4-15(12-16)18(19,20)21/h3-5,12,14H,6-11,13H2,1-2H3,(H,22,25). The van der Waals surface area contributed by atoms with Crippen LogP contribution in [0.3, 0.4) is 0 Å². The Morgan fingerprint density at radius 3 is 2.50 bits per heavy atom. The maximum atomic E-state index is 12.9. The van der Waals surface area contributed by atoms with Crippen molar-refractivity contribution in [1.82, 2.24) is 10.2 Å². The van der Waals surface area contributed by atoms with Gasteiger partial charge in [0.05, 0.1) is 17.5 Å². The summed E-state index contributed by atoms with van der Waals surface area (Å²) in [4.78, 5) is 14.4. The second-order valence-corrected chi connectivity index (χ2v) is 9.11. The number of hydrogen-bond donors (Lipinski definition) is 1. The number of halogens is 3. The third-order valence-corrected chi connectivity index (χ3v) is 6.00. The second kappa shape index (κ2) is 9.13. The molecule has 1 N–H and O–H groups in total. The van der Waals surface area contributed by atoms with Crippen LogP contribution in [0.4, 0.5) is 18.9 Å². The number of benzene rings is 1. The van der Waals surface area contributed by atoms with E-state index in [0.717, 1.165) is 56.8 Å². The first-order chi connectivity index (χ1) is 13.0. The van der Waals surface area contributed by atoms with E-state index in [0.29, 0.717) is 16.8 Å². The molecule has 0 aliphatic carbocycles. The zero-order chi connectivity index (χ0) is 20.9. The number of sulfonamides is 1. The molecule has 0 spiro atoms. The molecule has 0 saturated carbocycles. The quantitative estimate of drug-likeness (QED) is 0.734. The van der Waals surface area contributed by atoms with Crippen LogP contribution in [0.5, 0.6) is 0 Å². The minimum Gasteiger partial charge on any atom is -0.355 e. The fourth-order valence-electron chi connectivity index (χ4n) is 3.19. The summed E-state index contributed by atoms with van der Waals surface area (Å²) in [7, 11) is -1.87. The van der Waals surface area contributed by atoms with Crippen molar-refractivity contribution in [3.63, 3.8) is 0 Å². The third-order valence-electron chi connectivity index (χ3n) is 4.86. The molecule has 0 bridgehead atoms. The molecule has 1 heterocycles. The van der Waals surface area contributed by atoms with Gasteiger partial charge in [-0.15, -0.1) is 0 Å². The maximum Gasteiger partial charge on any atom is 0.416 e. The number of likely N-dealkylation sites (tertiary alicyclic amines) is 1. The van der Waals surface area contributed by atoms with Crippen LogP contribution < -0.4 is 9.62 Å². The second-order valence-electron chi connectivity index (χ2n) is 7.20. The number of piperidine rings is 1. The fraction of sp³-hybridized carbons (Fsp3) is 0.611. The van der Waals surface area contributed by atoms with Crippen LogP contribution in [0.15, 0.2) is 24.3 Å². The van der Waals surface area contributed by atoms with Crippen LogP contribution in [0.2, 0.25) is 0 Å². The molecule has 1 saturated heterocycles. The van der Waals surface area contributed by atoms with Crippen molar-refractivity contribution in [2.24, 2.45) is 5.92 Å². The molecule has 28 heavy (non-hydrogen) atoms. The number of amides is 1. The minimum atomic E-state index is -4.60. The fourth-order valence-corrected chi connectivity index (χ4v) is 4.04. The van der Waals surface area contributed by atoms with E-state index in [4.69, 9.17) is 0 Å². The lowest BCUT2D eigenvalue weighted by atomic mass is 9.94. The van der Waals surface area contributed by atoms with Gasteiger partial charge in [-0.25, -0.2) is 8.42 Å². The molecule has 0 unspecified atom stereocenters. The number of rotatable bonds is 7. The summed E-state index contributed by atoms with van der Waals surface area (Å²) in [6.07, 6.45) is -0.852. The Labute approximate surface area is 163 Å². The summed E-state index contributed by atoms with van der Waals surface area (Å²) >= 11 is 0. The van der Waals surface area contributed by atoms with Gasteiger partial charge in [0.1, 0.15) is 6.54 Å². The number of carbonyl (C=O) groups is 1. The van der Waals surface area contributed by atoms with Gasteiger partial charge in [0, 0.05) is 6.54 Å². The van der Waals surface area contributed by atoms with Gasteiger partial charge < -0.3 is 10.2 Å². The van der Waals surface area contributed by atoms with Crippen LogP contribution in [0.25, 0.3) is 0 Å². The third kappa shape index (κ3) is 6.66. The zero-order valence-electron chi connectivity index (χ0n) is 16.0. The van der Waals surface area contributed by atoms with Crippen LogP contribution in [0, 0.1) is 5.92 Å². The molecule has 0 atom stereocenters. The Morgan fingerprint density at radius 2 is 1.93 bits per heavy atom. The number of nitrogens with one attached hydrogen (secondary N) is 1. The Balaban J connectivity index is 1.98. The van der Waals surface area contributed by atoms with Gasteiger partial charge in [0.2, 0.25) is 15.9 Å². The summed E-state index contributed by atoms with van der Waals surface area (Å²) in [6, 6.07) is 3.94. The van der Waals surface area contributed by atoms with Crippen molar-refractivity contribution in [3.8, 4) is 0 Å². The lowest BCUT2D eigenvalue weighted by Crippen LogP contribution is -2.41. The number of nitrogens with zero attached hydrogens (tertiary/aromatic N) is 2. The molecule has 10 heteroatoms. The number of hydrogen-bond acceptors (Lipinski definition) is 4. The van der Waals surface area contributed by atoms with Crippen LogP contribution in [-0.2, 0) is 21.0 Å². The SMILES string of the molecule is CN1CCC(CCNC(=O)CN(c2cccc(C(F)(F)F)c2)S(C)(=O)=O)CC1. The molecule has 2 rings (SSSR count). The van der Waals surface area contributed by atoms with E-state index in [9.17, 15) is 26.4 Å². The summed E-state index contributed by atoms with van der Waals surface area (Å²) in [5.74, 6) is -0.0401. The first kappa shape index (κ1) is 22.5. The van der Waals surface area contributed by atoms with Crippen molar-refractivity contribution >= 4 is 21.6 Å². The molecule has 6 nitrogen and oxygen atoms in total. The Morgan fingerprint density at radius 1 is 1.29 bits per heavy atom. The average molecular weight is 421 g/mol. The Kier molecular flexibility index (Phi) is 7.33. The highest BCUT2D eigenvalue weighted by Gasteiger charge is 2.32. The normalized spacial score (nSPS) is 16.8. The van der Waals surface area contributed by atoms with Gasteiger partial charge >= 0.3 is 6.18 Å². The highest BCUT2D eigenvalue weighted by Crippen LogP contribution is 2.32. The highest BCUT2D eigenvalue weighted by atomic mass is 32.2. The zero-order valence-corrected chi connectivity index (χ0v) is 16.8. The number of carbonyl (C=O) groups excluding carboxylic acids is 1. The van der Waals surface area contributed by atoms with Gasteiger partial charge in [-0.05, 0) is 63.5 Å². The maximum absolute atomic E-state index is 12.9. The van der Waals surface area contributed by atoms with Crippen LogP contribution >= 0.6 is 0 Å². The summed E-state index contributed by atoms with van der Waals surface area (Å²) in [6.45, 7) is 1.87. The van der Waals surface area contributed by atoms with Crippen molar-refractivity contribution < 1.29 is 26.4 Å².